The van der Waals surface area contributed by atoms with E-state index >= 15 is 0 Å². The maximum absolute atomic E-state index is 11.8. The van der Waals surface area contributed by atoms with Crippen LogP contribution < -0.4 is 5.32 Å². The average Bonchev–Trinajstić information content (AvgIpc) is 3.27. The minimum atomic E-state index is 0.184. The van der Waals surface area contributed by atoms with E-state index in [-0.39, 0.29) is 5.91 Å². The molecular formula is C16H23N5O2S. The van der Waals surface area contributed by atoms with Crippen LogP contribution in [-0.4, -0.2) is 72.2 Å². The van der Waals surface area contributed by atoms with Crippen LogP contribution >= 0.6 is 11.3 Å². The van der Waals surface area contributed by atoms with Crippen molar-refractivity contribution in [2.45, 2.75) is 12.8 Å². The third kappa shape index (κ3) is 4.40. The largest absolute Gasteiger partial charge is 0.339 e. The summed E-state index contributed by atoms with van der Waals surface area (Å²) in [5.74, 6) is 1.56. The predicted molar refractivity (Wildman–Crippen MR) is 92.9 cm³/mol. The molecule has 0 aromatic carbocycles. The molecule has 1 aliphatic heterocycles. The van der Waals surface area contributed by atoms with Gasteiger partial charge in [0.1, 0.15) is 0 Å². The van der Waals surface area contributed by atoms with E-state index < -0.39 is 0 Å². The molecule has 2 aromatic rings. The van der Waals surface area contributed by atoms with Gasteiger partial charge < -0.3 is 14.7 Å². The third-order valence-electron chi connectivity index (χ3n) is 4.13. The first kappa shape index (κ1) is 17.1. The van der Waals surface area contributed by atoms with Gasteiger partial charge in [0.15, 0.2) is 0 Å². The molecule has 0 bridgehead atoms. The zero-order valence-electron chi connectivity index (χ0n) is 13.9. The topological polar surface area (TPSA) is 74.5 Å². The van der Waals surface area contributed by atoms with Gasteiger partial charge in [-0.3, -0.25) is 9.69 Å². The van der Waals surface area contributed by atoms with E-state index in [1.165, 1.54) is 0 Å². The van der Waals surface area contributed by atoms with Gasteiger partial charge in [-0.2, -0.15) is 4.98 Å². The molecule has 130 valence electrons. The van der Waals surface area contributed by atoms with E-state index in [1.54, 1.807) is 18.4 Å². The second kappa shape index (κ2) is 8.36. The smallest absolute Gasteiger partial charge is 0.236 e. The van der Waals surface area contributed by atoms with Crippen LogP contribution in [0.5, 0.6) is 0 Å². The minimum Gasteiger partial charge on any atom is -0.339 e. The molecule has 0 spiro atoms. The molecule has 1 aliphatic rings. The molecule has 1 amide bonds. The Balaban J connectivity index is 1.38. The molecule has 2 aromatic heterocycles. The van der Waals surface area contributed by atoms with Gasteiger partial charge in [0, 0.05) is 32.6 Å². The number of nitrogens with one attached hydrogen (secondary N) is 1. The van der Waals surface area contributed by atoms with Crippen molar-refractivity contribution in [3.05, 3.63) is 23.4 Å². The highest BCUT2D eigenvalue weighted by Gasteiger charge is 2.20. The Kier molecular flexibility index (Phi) is 5.95. The predicted octanol–water partition coefficient (Wildman–Crippen LogP) is 1.09. The van der Waals surface area contributed by atoms with Gasteiger partial charge in [0.2, 0.25) is 17.6 Å². The molecule has 8 heteroatoms. The van der Waals surface area contributed by atoms with Crippen LogP contribution in [0.1, 0.15) is 12.3 Å². The summed E-state index contributed by atoms with van der Waals surface area (Å²) in [6.45, 7) is 4.89. The van der Waals surface area contributed by atoms with E-state index in [0.29, 0.717) is 18.3 Å². The van der Waals surface area contributed by atoms with Gasteiger partial charge in [-0.25, -0.2) is 0 Å². The number of amides is 1. The Labute approximate surface area is 145 Å². The summed E-state index contributed by atoms with van der Waals surface area (Å²) in [6.07, 6.45) is 1.77. The number of likely N-dealkylation sites (N-methyl/N-ethyl adjacent to an activating group) is 1. The zero-order valence-corrected chi connectivity index (χ0v) is 14.7. The van der Waals surface area contributed by atoms with Gasteiger partial charge in [0.05, 0.1) is 11.4 Å². The lowest BCUT2D eigenvalue weighted by atomic mass is 10.2. The molecule has 3 rings (SSSR count). The molecule has 24 heavy (non-hydrogen) atoms. The van der Waals surface area contributed by atoms with E-state index in [0.717, 1.165) is 50.4 Å². The number of nitrogens with zero attached hydrogens (tertiary/aromatic N) is 4. The first-order chi connectivity index (χ1) is 11.8. The van der Waals surface area contributed by atoms with Crippen molar-refractivity contribution in [3.63, 3.8) is 0 Å². The minimum absolute atomic E-state index is 0.184. The second-order valence-electron chi connectivity index (χ2n) is 5.85. The average molecular weight is 349 g/mol. The molecule has 1 N–H and O–H groups in total. The molecule has 0 atom stereocenters. The number of thiophene rings is 1. The van der Waals surface area contributed by atoms with Crippen molar-refractivity contribution in [2.24, 2.45) is 0 Å². The molecular weight excluding hydrogens is 326 g/mol. The van der Waals surface area contributed by atoms with Gasteiger partial charge in [-0.1, -0.05) is 11.2 Å². The van der Waals surface area contributed by atoms with Gasteiger partial charge in [-0.05, 0) is 31.5 Å². The van der Waals surface area contributed by atoms with E-state index in [2.05, 4.69) is 20.4 Å². The van der Waals surface area contributed by atoms with Crippen LogP contribution in [0.15, 0.2) is 22.0 Å². The summed E-state index contributed by atoms with van der Waals surface area (Å²) >= 11 is 1.61. The van der Waals surface area contributed by atoms with Crippen molar-refractivity contribution in [1.29, 1.82) is 0 Å². The van der Waals surface area contributed by atoms with Crippen molar-refractivity contribution in [1.82, 2.24) is 25.3 Å². The lowest BCUT2D eigenvalue weighted by Gasteiger charge is -2.34. The summed E-state index contributed by atoms with van der Waals surface area (Å²) in [4.78, 5) is 21.6. The molecule has 0 aliphatic carbocycles. The van der Waals surface area contributed by atoms with E-state index in [9.17, 15) is 4.79 Å². The Bertz CT molecular complexity index is 635. The van der Waals surface area contributed by atoms with Crippen molar-refractivity contribution >= 4 is 17.2 Å². The third-order valence-corrected chi connectivity index (χ3v) is 4.99. The lowest BCUT2D eigenvalue weighted by Crippen LogP contribution is -2.50. The summed E-state index contributed by atoms with van der Waals surface area (Å²) in [7, 11) is 1.80. The standard InChI is InChI=1S/C16H23N5O2S/c1-17-12-15(22)21-9-7-20(8-10-21)6-2-5-14-18-16(19-23-14)13-4-3-11-24-13/h3-4,11,17H,2,5-10,12H2,1H3. The highest BCUT2D eigenvalue weighted by molar-refractivity contribution is 7.13. The van der Waals surface area contributed by atoms with E-state index in [4.69, 9.17) is 4.52 Å². The number of piperazine rings is 1. The number of carbonyl (C=O) groups is 1. The van der Waals surface area contributed by atoms with Crippen LogP contribution in [0.4, 0.5) is 0 Å². The van der Waals surface area contributed by atoms with Gasteiger partial charge in [0.25, 0.3) is 0 Å². The van der Waals surface area contributed by atoms with Crippen molar-refractivity contribution in [2.75, 3.05) is 46.3 Å². The molecule has 3 heterocycles. The first-order valence-electron chi connectivity index (χ1n) is 8.27. The Morgan fingerprint density at radius 1 is 1.38 bits per heavy atom. The zero-order chi connectivity index (χ0) is 16.8. The monoisotopic (exact) mass is 349 g/mol. The molecule has 1 fully saturated rings. The maximum atomic E-state index is 11.8. The Morgan fingerprint density at radius 3 is 2.92 bits per heavy atom. The Morgan fingerprint density at radius 2 is 2.21 bits per heavy atom. The van der Waals surface area contributed by atoms with Crippen molar-refractivity contribution < 1.29 is 9.32 Å². The van der Waals surface area contributed by atoms with Crippen LogP contribution in [0.2, 0.25) is 0 Å². The highest BCUT2D eigenvalue weighted by Crippen LogP contribution is 2.21. The molecule has 7 nitrogen and oxygen atoms in total. The molecule has 1 saturated heterocycles. The highest BCUT2D eigenvalue weighted by atomic mass is 32.1. The molecule has 0 saturated carbocycles. The second-order valence-corrected chi connectivity index (χ2v) is 6.79. The normalized spacial score (nSPS) is 15.8. The lowest BCUT2D eigenvalue weighted by molar-refractivity contribution is -0.131. The van der Waals surface area contributed by atoms with E-state index in [1.807, 2.05) is 22.4 Å². The number of aromatic nitrogens is 2. The summed E-state index contributed by atoms with van der Waals surface area (Å²) in [6, 6.07) is 3.98. The van der Waals surface area contributed by atoms with Crippen LogP contribution in [-0.2, 0) is 11.2 Å². The fourth-order valence-electron chi connectivity index (χ4n) is 2.80. The molecule has 0 radical (unpaired) electrons. The number of aryl methyl sites for hydroxylation is 1. The fourth-order valence-corrected chi connectivity index (χ4v) is 3.45. The quantitative estimate of drug-likeness (QED) is 0.807. The SMILES string of the molecule is CNCC(=O)N1CCN(CCCc2nc(-c3cccs3)no2)CC1. The van der Waals surface area contributed by atoms with Crippen LogP contribution in [0.25, 0.3) is 10.7 Å². The summed E-state index contributed by atoms with van der Waals surface area (Å²) in [5, 5.41) is 8.95. The number of hydrogen-bond donors (Lipinski definition) is 1. The van der Waals surface area contributed by atoms with Crippen LogP contribution in [0, 0.1) is 0 Å². The van der Waals surface area contributed by atoms with Gasteiger partial charge >= 0.3 is 0 Å². The number of carbonyl (C=O) groups excluding carboxylic acids is 1. The summed E-state index contributed by atoms with van der Waals surface area (Å²) < 4.78 is 5.32. The first-order valence-corrected chi connectivity index (χ1v) is 9.15. The Hall–Kier alpha value is -1.77. The maximum Gasteiger partial charge on any atom is 0.236 e. The molecule has 0 unspecified atom stereocenters. The number of hydrogen-bond acceptors (Lipinski definition) is 7. The number of rotatable bonds is 7. The summed E-state index contributed by atoms with van der Waals surface area (Å²) in [5.41, 5.74) is 0. The fraction of sp³-hybridized carbons (Fsp3) is 0.562. The van der Waals surface area contributed by atoms with Crippen molar-refractivity contribution in [3.8, 4) is 10.7 Å². The van der Waals surface area contributed by atoms with Gasteiger partial charge in [-0.15, -0.1) is 11.3 Å². The van der Waals surface area contributed by atoms with Crippen LogP contribution in [0.3, 0.4) is 0 Å².